The maximum Gasteiger partial charge on any atom is 0.303 e. The summed E-state index contributed by atoms with van der Waals surface area (Å²) in [5.74, 6) is -3.52. The van der Waals surface area contributed by atoms with Crippen LogP contribution in [0.15, 0.2) is 73.3 Å². The van der Waals surface area contributed by atoms with Gasteiger partial charge in [-0.2, -0.15) is 0 Å². The Kier molecular flexibility index (Phi) is 16.7. The fourth-order valence-electron chi connectivity index (χ4n) is 6.18. The predicted octanol–water partition coefficient (Wildman–Crippen LogP) is 2.69. The number of ether oxygens (including phenoxy) is 10. The highest BCUT2D eigenvalue weighted by Crippen LogP contribution is 2.35. The number of benzene rings is 2. The largest absolute Gasteiger partial charge is 0.463 e. The molecule has 1 amide bonds. The quantitative estimate of drug-likeness (QED) is 0.132. The first kappa shape index (κ1) is 43.0. The molecule has 2 aromatic rings. The molecule has 2 fully saturated rings. The van der Waals surface area contributed by atoms with E-state index in [1.807, 2.05) is 60.7 Å². The van der Waals surface area contributed by atoms with E-state index in [0.29, 0.717) is 0 Å². The molecule has 300 valence electrons. The Bertz CT molecular complexity index is 1570. The third kappa shape index (κ3) is 13.2. The van der Waals surface area contributed by atoms with Gasteiger partial charge in [0.1, 0.15) is 37.1 Å². The first-order valence-corrected chi connectivity index (χ1v) is 17.7. The molecule has 1 N–H and O–H groups in total. The van der Waals surface area contributed by atoms with Crippen molar-refractivity contribution in [2.24, 2.45) is 0 Å². The number of carbonyl (C=O) groups is 5. The van der Waals surface area contributed by atoms with E-state index < -0.39 is 97.7 Å². The van der Waals surface area contributed by atoms with Crippen molar-refractivity contribution in [3.05, 3.63) is 84.4 Å². The number of rotatable bonds is 18. The number of hydrogen-bond donors (Lipinski definition) is 1. The summed E-state index contributed by atoms with van der Waals surface area (Å²) in [7, 11) is 0. The monoisotopic (exact) mass is 771 g/mol. The number of esters is 4. The molecule has 0 radical (unpaired) electrons. The van der Waals surface area contributed by atoms with Gasteiger partial charge in [-0.05, 0) is 11.1 Å². The zero-order valence-corrected chi connectivity index (χ0v) is 31.5. The first-order chi connectivity index (χ1) is 26.4. The minimum atomic E-state index is -1.60. The average Bonchev–Trinajstić information content (AvgIpc) is 3.13. The van der Waals surface area contributed by atoms with Crippen molar-refractivity contribution < 1.29 is 71.3 Å². The van der Waals surface area contributed by atoms with Gasteiger partial charge in [-0.15, -0.1) is 6.58 Å². The molecule has 55 heavy (non-hydrogen) atoms. The van der Waals surface area contributed by atoms with Crippen LogP contribution in [0.25, 0.3) is 0 Å². The summed E-state index contributed by atoms with van der Waals surface area (Å²) >= 11 is 0. The molecule has 0 spiro atoms. The number of hydrogen-bond acceptors (Lipinski definition) is 15. The summed E-state index contributed by atoms with van der Waals surface area (Å²) < 4.78 is 60.1. The molecule has 16 nitrogen and oxygen atoms in total. The lowest BCUT2D eigenvalue weighted by Crippen LogP contribution is -2.69. The van der Waals surface area contributed by atoms with E-state index in [1.54, 1.807) is 0 Å². The minimum Gasteiger partial charge on any atom is -0.463 e. The normalized spacial score (nSPS) is 27.6. The zero-order valence-electron chi connectivity index (χ0n) is 31.5. The van der Waals surface area contributed by atoms with E-state index in [0.717, 1.165) is 31.9 Å². The molecule has 0 bridgehead atoms. The van der Waals surface area contributed by atoms with Crippen LogP contribution in [0.5, 0.6) is 0 Å². The Labute approximate surface area is 319 Å². The zero-order chi connectivity index (χ0) is 39.9. The van der Waals surface area contributed by atoms with E-state index in [2.05, 4.69) is 11.9 Å². The molecular formula is C39H49NO15. The summed E-state index contributed by atoms with van der Waals surface area (Å²) in [5.41, 5.74) is 1.71. The van der Waals surface area contributed by atoms with Crippen molar-refractivity contribution >= 4 is 29.8 Å². The van der Waals surface area contributed by atoms with Crippen molar-refractivity contribution in [1.82, 2.24) is 5.32 Å². The van der Waals surface area contributed by atoms with Gasteiger partial charge in [0, 0.05) is 34.6 Å². The van der Waals surface area contributed by atoms with Crippen LogP contribution in [0.1, 0.15) is 45.7 Å². The van der Waals surface area contributed by atoms with Crippen LogP contribution in [-0.2, 0) is 84.6 Å². The predicted molar refractivity (Wildman–Crippen MR) is 190 cm³/mol. The summed E-state index contributed by atoms with van der Waals surface area (Å²) in [4.78, 5) is 61.9. The topological polar surface area (TPSA) is 190 Å². The van der Waals surface area contributed by atoms with Crippen LogP contribution < -0.4 is 5.32 Å². The smallest absolute Gasteiger partial charge is 0.303 e. The third-order valence-corrected chi connectivity index (χ3v) is 8.31. The van der Waals surface area contributed by atoms with Crippen LogP contribution in [0.2, 0.25) is 0 Å². The molecule has 16 heteroatoms. The van der Waals surface area contributed by atoms with E-state index in [-0.39, 0.29) is 26.4 Å². The van der Waals surface area contributed by atoms with Crippen molar-refractivity contribution in [3.63, 3.8) is 0 Å². The molecule has 2 aliphatic rings. The van der Waals surface area contributed by atoms with Crippen LogP contribution in [0.4, 0.5) is 0 Å². The van der Waals surface area contributed by atoms with E-state index >= 15 is 0 Å². The molecule has 0 aromatic heterocycles. The Balaban J connectivity index is 1.78. The molecule has 2 saturated heterocycles. The van der Waals surface area contributed by atoms with Gasteiger partial charge < -0.3 is 52.7 Å². The molecule has 0 saturated carbocycles. The highest BCUT2D eigenvalue weighted by atomic mass is 16.8. The fourth-order valence-corrected chi connectivity index (χ4v) is 6.18. The Morgan fingerprint density at radius 3 is 1.75 bits per heavy atom. The van der Waals surface area contributed by atoms with Crippen LogP contribution in [-0.4, -0.2) is 111 Å². The second-order valence-electron chi connectivity index (χ2n) is 12.8. The second kappa shape index (κ2) is 21.4. The van der Waals surface area contributed by atoms with Gasteiger partial charge in [-0.25, -0.2) is 0 Å². The SMILES string of the molecule is C=CCO[C@@H]1[C@@H](NC(C)=O)[C@@H](OCc2ccccc2)O[C@H](COCc2ccccc2)[C@H]1O[C@@H]1O[C@H](COC(C)=O)[C@H](OC(C)=O)[C@H](OC(C)=O)[C@H]1OC(C)=O. The Morgan fingerprint density at radius 2 is 1.18 bits per heavy atom. The van der Waals surface area contributed by atoms with Gasteiger partial charge in [0.25, 0.3) is 0 Å². The molecule has 0 unspecified atom stereocenters. The Hall–Kier alpha value is -4.71. The Morgan fingerprint density at radius 1 is 0.636 bits per heavy atom. The summed E-state index contributed by atoms with van der Waals surface area (Å²) in [6.07, 6.45) is -10.2. The first-order valence-electron chi connectivity index (χ1n) is 17.7. The maximum absolute atomic E-state index is 12.7. The van der Waals surface area contributed by atoms with Crippen molar-refractivity contribution in [3.8, 4) is 0 Å². The standard InChI is InChI=1S/C39H49NO15/c1-7-18-47-35-32(40-23(2)41)38(49-20-29-16-12-9-13-17-29)53-30(21-46-19-28-14-10-8-11-15-28)33(35)55-39-37(52-27(6)45)36(51-26(5)44)34(50-25(4)43)31(54-39)22-48-24(3)42/h7-17,30-39H,1,18-22H2,2-6H3,(H,40,41)/t30-,31-,32-,33-,34+,35-,36+,37-,38+,39+/m1/s1. The van der Waals surface area contributed by atoms with E-state index in [4.69, 9.17) is 47.4 Å². The lowest BCUT2D eigenvalue weighted by molar-refractivity contribution is -0.353. The van der Waals surface area contributed by atoms with Crippen molar-refractivity contribution in [2.45, 2.75) is 109 Å². The van der Waals surface area contributed by atoms with Gasteiger partial charge in [0.15, 0.2) is 30.9 Å². The van der Waals surface area contributed by atoms with Gasteiger partial charge in [-0.1, -0.05) is 66.7 Å². The molecule has 10 atom stereocenters. The molecular weight excluding hydrogens is 722 g/mol. The minimum absolute atomic E-state index is 0.0117. The van der Waals surface area contributed by atoms with Crippen LogP contribution in [0, 0.1) is 0 Å². The molecule has 0 aliphatic carbocycles. The molecule has 2 heterocycles. The summed E-state index contributed by atoms with van der Waals surface area (Å²) in [6, 6.07) is 17.7. The second-order valence-corrected chi connectivity index (χ2v) is 12.8. The van der Waals surface area contributed by atoms with Gasteiger partial charge >= 0.3 is 23.9 Å². The van der Waals surface area contributed by atoms with Gasteiger partial charge in [0.05, 0.1) is 26.4 Å². The third-order valence-electron chi connectivity index (χ3n) is 8.31. The highest BCUT2D eigenvalue weighted by Gasteiger charge is 2.56. The molecule has 2 aromatic carbocycles. The maximum atomic E-state index is 12.7. The van der Waals surface area contributed by atoms with Crippen LogP contribution >= 0.6 is 0 Å². The van der Waals surface area contributed by atoms with Gasteiger partial charge in [0.2, 0.25) is 5.91 Å². The number of carbonyl (C=O) groups excluding carboxylic acids is 5. The highest BCUT2D eigenvalue weighted by molar-refractivity contribution is 5.73. The lowest BCUT2D eigenvalue weighted by atomic mass is 9.94. The fraction of sp³-hybridized carbons (Fsp3) is 0.513. The number of amides is 1. The molecule has 2 aliphatic heterocycles. The average molecular weight is 772 g/mol. The van der Waals surface area contributed by atoms with Gasteiger partial charge in [-0.3, -0.25) is 24.0 Å². The number of nitrogens with one attached hydrogen (secondary N) is 1. The molecule has 4 rings (SSSR count). The van der Waals surface area contributed by atoms with Crippen LogP contribution in [0.3, 0.4) is 0 Å². The van der Waals surface area contributed by atoms with Crippen molar-refractivity contribution in [2.75, 3.05) is 19.8 Å². The summed E-state index contributed by atoms with van der Waals surface area (Å²) in [5, 5.41) is 2.87. The van der Waals surface area contributed by atoms with Crippen molar-refractivity contribution in [1.29, 1.82) is 0 Å². The summed E-state index contributed by atoms with van der Waals surface area (Å²) in [6.45, 7) is 9.34. The van der Waals surface area contributed by atoms with E-state index in [9.17, 15) is 24.0 Å². The van der Waals surface area contributed by atoms with E-state index in [1.165, 1.54) is 19.9 Å². The lowest BCUT2D eigenvalue weighted by Gasteiger charge is -2.49.